The fraction of sp³-hybridized carbons (Fsp3) is 0.290. The molecule has 3 aromatic rings. The van der Waals surface area contributed by atoms with Crippen LogP contribution in [-0.4, -0.2) is 36.5 Å². The number of benzene rings is 3. The minimum absolute atomic E-state index is 0.00491. The lowest BCUT2D eigenvalue weighted by Gasteiger charge is -2.27. The summed E-state index contributed by atoms with van der Waals surface area (Å²) in [6.45, 7) is 10.2. The first kappa shape index (κ1) is 27.8. The summed E-state index contributed by atoms with van der Waals surface area (Å²) in [5.41, 5.74) is 1.67. The highest BCUT2D eigenvalue weighted by molar-refractivity contribution is 6.51. The maximum absolute atomic E-state index is 14.2. The van der Waals surface area contributed by atoms with E-state index in [1.165, 1.54) is 6.07 Å². The first-order chi connectivity index (χ1) is 18.7. The monoisotopic (exact) mass is 534 g/mol. The zero-order chi connectivity index (χ0) is 28.3. The van der Waals surface area contributed by atoms with Gasteiger partial charge in [0.1, 0.15) is 11.5 Å². The van der Waals surface area contributed by atoms with Gasteiger partial charge in [-0.05, 0) is 73.9 Å². The summed E-state index contributed by atoms with van der Waals surface area (Å²) < 4.78 is 33.6. The Morgan fingerprint density at radius 3 is 2.15 bits per heavy atom. The predicted octanol–water partition coefficient (Wildman–Crippen LogP) is 6.47. The first-order valence-electron chi connectivity index (χ1n) is 13.0. The number of amides is 1. The van der Waals surface area contributed by atoms with E-state index in [-0.39, 0.29) is 17.0 Å². The summed E-state index contributed by atoms with van der Waals surface area (Å²) in [4.78, 5) is 29.9. The molecule has 4 rings (SSSR count). The molecular weight excluding hydrogens is 502 g/mol. The van der Waals surface area contributed by atoms with E-state index in [9.17, 15) is 23.5 Å². The van der Waals surface area contributed by atoms with Crippen molar-refractivity contribution in [2.45, 2.75) is 33.7 Å². The molecular formula is C31H32F2N2O4. The lowest BCUT2D eigenvalue weighted by atomic mass is 9.94. The van der Waals surface area contributed by atoms with Crippen molar-refractivity contribution in [1.29, 1.82) is 0 Å². The Morgan fingerprint density at radius 1 is 0.949 bits per heavy atom. The highest BCUT2D eigenvalue weighted by Crippen LogP contribution is 2.43. The normalized spacial score (nSPS) is 16.7. The third-order valence-corrected chi connectivity index (χ3v) is 6.67. The Kier molecular flexibility index (Phi) is 8.33. The van der Waals surface area contributed by atoms with E-state index in [1.54, 1.807) is 36.4 Å². The number of aliphatic hydroxyl groups is 1. The van der Waals surface area contributed by atoms with E-state index in [2.05, 4.69) is 4.90 Å². The van der Waals surface area contributed by atoms with Crippen molar-refractivity contribution in [3.63, 3.8) is 0 Å². The summed E-state index contributed by atoms with van der Waals surface area (Å²) >= 11 is 0. The van der Waals surface area contributed by atoms with E-state index in [0.717, 1.165) is 35.8 Å². The first-order valence-corrected chi connectivity index (χ1v) is 13.0. The van der Waals surface area contributed by atoms with Crippen molar-refractivity contribution in [2.24, 2.45) is 5.92 Å². The highest BCUT2D eigenvalue weighted by Gasteiger charge is 2.47. The summed E-state index contributed by atoms with van der Waals surface area (Å²) in [5, 5.41) is 11.3. The van der Waals surface area contributed by atoms with Gasteiger partial charge in [0.25, 0.3) is 11.7 Å². The molecule has 1 saturated heterocycles. The van der Waals surface area contributed by atoms with Crippen molar-refractivity contribution < 1.29 is 28.2 Å². The van der Waals surface area contributed by atoms with Gasteiger partial charge in [-0.2, -0.15) is 0 Å². The number of hydrogen-bond acceptors (Lipinski definition) is 5. The van der Waals surface area contributed by atoms with Crippen LogP contribution in [0, 0.1) is 17.6 Å². The molecule has 8 heteroatoms. The number of ketones is 1. The van der Waals surface area contributed by atoms with Gasteiger partial charge in [0, 0.05) is 36.1 Å². The minimum Gasteiger partial charge on any atom is -0.507 e. The van der Waals surface area contributed by atoms with Crippen LogP contribution in [0.25, 0.3) is 5.76 Å². The van der Waals surface area contributed by atoms with E-state index in [0.29, 0.717) is 29.4 Å². The second-order valence-corrected chi connectivity index (χ2v) is 9.76. The van der Waals surface area contributed by atoms with Gasteiger partial charge in [-0.3, -0.25) is 14.5 Å². The highest BCUT2D eigenvalue weighted by atomic mass is 19.2. The Balaban J connectivity index is 1.83. The molecule has 0 bridgehead atoms. The smallest absolute Gasteiger partial charge is 0.300 e. The number of aliphatic hydroxyl groups excluding tert-OH is 1. The zero-order valence-corrected chi connectivity index (χ0v) is 22.4. The third kappa shape index (κ3) is 5.65. The quantitative estimate of drug-likeness (QED) is 0.194. The molecule has 3 aromatic carbocycles. The molecule has 1 aliphatic heterocycles. The van der Waals surface area contributed by atoms with E-state index < -0.39 is 29.4 Å². The molecule has 0 aromatic heterocycles. The van der Waals surface area contributed by atoms with Crippen molar-refractivity contribution in [2.75, 3.05) is 29.5 Å². The van der Waals surface area contributed by atoms with Crippen LogP contribution in [-0.2, 0) is 9.59 Å². The fourth-order valence-corrected chi connectivity index (χ4v) is 4.63. The fourth-order valence-electron chi connectivity index (χ4n) is 4.63. The summed E-state index contributed by atoms with van der Waals surface area (Å²) in [5.74, 6) is -3.53. The number of carbonyl (C=O) groups excluding carboxylic acids is 2. The van der Waals surface area contributed by atoms with E-state index in [1.807, 2.05) is 39.8 Å². The maximum Gasteiger partial charge on any atom is 0.300 e. The molecule has 204 valence electrons. The molecule has 39 heavy (non-hydrogen) atoms. The summed E-state index contributed by atoms with van der Waals surface area (Å²) in [6.07, 6.45) is 0. The lowest BCUT2D eigenvalue weighted by Crippen LogP contribution is -2.29. The molecule has 0 radical (unpaired) electrons. The standard InChI is InChI=1S/C31H32F2N2O4/c1-5-34(6-2)22-11-7-20(8-12-22)28-27(29(36)21-9-14-24(15-10-21)39-18-19(3)4)30(37)31(38)35(28)23-13-16-25(32)26(33)17-23/h7-17,19,28,36H,5-6,18H2,1-4H3/b29-27+. The van der Waals surface area contributed by atoms with Crippen molar-refractivity contribution in [3.8, 4) is 5.75 Å². The third-order valence-electron chi connectivity index (χ3n) is 6.67. The summed E-state index contributed by atoms with van der Waals surface area (Å²) in [7, 11) is 0. The number of halogens is 2. The van der Waals surface area contributed by atoms with Crippen LogP contribution < -0.4 is 14.5 Å². The van der Waals surface area contributed by atoms with Gasteiger partial charge in [-0.25, -0.2) is 8.78 Å². The van der Waals surface area contributed by atoms with Gasteiger partial charge < -0.3 is 14.7 Å². The Hall–Kier alpha value is -4.20. The number of rotatable bonds is 9. The molecule has 6 nitrogen and oxygen atoms in total. The van der Waals surface area contributed by atoms with Crippen molar-refractivity contribution in [3.05, 3.63) is 95.1 Å². The Morgan fingerprint density at radius 2 is 1.59 bits per heavy atom. The van der Waals surface area contributed by atoms with Gasteiger partial charge in [0.05, 0.1) is 18.2 Å². The van der Waals surface area contributed by atoms with Gasteiger partial charge in [-0.1, -0.05) is 26.0 Å². The topological polar surface area (TPSA) is 70.1 Å². The molecule has 1 atom stereocenters. The molecule has 1 aliphatic rings. The zero-order valence-electron chi connectivity index (χ0n) is 22.4. The molecule has 1 N–H and O–H groups in total. The molecule has 0 spiro atoms. The van der Waals surface area contributed by atoms with Crippen LogP contribution in [0.3, 0.4) is 0 Å². The number of nitrogens with zero attached hydrogens (tertiary/aromatic N) is 2. The van der Waals surface area contributed by atoms with Crippen molar-refractivity contribution >= 4 is 28.8 Å². The SMILES string of the molecule is CCN(CC)c1ccc(C2/C(=C(\O)c3ccc(OCC(C)C)cc3)C(=O)C(=O)N2c2ccc(F)c(F)c2)cc1. The van der Waals surface area contributed by atoms with Crippen LogP contribution in [0.4, 0.5) is 20.2 Å². The minimum atomic E-state index is -1.15. The molecule has 1 unspecified atom stereocenters. The van der Waals surface area contributed by atoms with Crippen LogP contribution in [0.1, 0.15) is 44.9 Å². The maximum atomic E-state index is 14.2. The molecule has 0 saturated carbocycles. The van der Waals surface area contributed by atoms with Gasteiger partial charge in [0.2, 0.25) is 0 Å². The lowest BCUT2D eigenvalue weighted by molar-refractivity contribution is -0.132. The second kappa shape index (κ2) is 11.7. The largest absolute Gasteiger partial charge is 0.507 e. The van der Waals surface area contributed by atoms with Gasteiger partial charge in [0.15, 0.2) is 11.6 Å². The number of carbonyl (C=O) groups is 2. The van der Waals surface area contributed by atoms with Gasteiger partial charge in [-0.15, -0.1) is 0 Å². The number of anilines is 2. The molecule has 1 heterocycles. The average Bonchev–Trinajstić information content (AvgIpc) is 3.20. The van der Waals surface area contributed by atoms with Crippen LogP contribution >= 0.6 is 0 Å². The molecule has 1 fully saturated rings. The predicted molar refractivity (Wildman–Crippen MR) is 148 cm³/mol. The average molecular weight is 535 g/mol. The molecule has 1 amide bonds. The van der Waals surface area contributed by atoms with E-state index >= 15 is 0 Å². The molecule has 0 aliphatic carbocycles. The van der Waals surface area contributed by atoms with Crippen LogP contribution in [0.15, 0.2) is 72.3 Å². The second-order valence-electron chi connectivity index (χ2n) is 9.76. The Bertz CT molecular complexity index is 1380. The summed E-state index contributed by atoms with van der Waals surface area (Å²) in [6, 6.07) is 15.8. The number of hydrogen-bond donors (Lipinski definition) is 1. The number of ether oxygens (including phenoxy) is 1. The van der Waals surface area contributed by atoms with E-state index in [4.69, 9.17) is 4.74 Å². The van der Waals surface area contributed by atoms with Crippen molar-refractivity contribution in [1.82, 2.24) is 0 Å². The number of Topliss-reactive ketones (excluding diaryl/α,β-unsaturated/α-hetero) is 1. The van der Waals surface area contributed by atoms with Gasteiger partial charge >= 0.3 is 0 Å². The van der Waals surface area contributed by atoms with Crippen LogP contribution in [0.2, 0.25) is 0 Å². The van der Waals surface area contributed by atoms with Crippen LogP contribution in [0.5, 0.6) is 5.75 Å². The Labute approximate surface area is 227 Å².